The average Bonchev–Trinajstić information content (AvgIpc) is 2.83. The van der Waals surface area contributed by atoms with E-state index in [1.54, 1.807) is 0 Å². The highest BCUT2D eigenvalue weighted by Gasteiger charge is 2.18. The Bertz CT molecular complexity index is 1170. The van der Waals surface area contributed by atoms with E-state index in [1.165, 1.54) is 31.2 Å². The summed E-state index contributed by atoms with van der Waals surface area (Å²) in [5, 5.41) is 19.6. The molecule has 3 aromatic carbocycles. The Hall–Kier alpha value is -3.36. The molecule has 0 amide bonds. The highest BCUT2D eigenvalue weighted by molar-refractivity contribution is 5.84. The van der Waals surface area contributed by atoms with Crippen molar-refractivity contribution < 1.29 is 0 Å². The van der Waals surface area contributed by atoms with Crippen LogP contribution in [0, 0.1) is 41.6 Å². The van der Waals surface area contributed by atoms with Crippen molar-refractivity contribution >= 4 is 0 Å². The topological polar surface area (TPSA) is 47.6 Å². The molecule has 1 atom stereocenters. The molecule has 2 heteroatoms. The Morgan fingerprint density at radius 1 is 0.939 bits per heavy atom. The maximum atomic E-state index is 9.84. The lowest BCUT2D eigenvalue weighted by Crippen LogP contribution is -2.01. The van der Waals surface area contributed by atoms with Gasteiger partial charge in [0.1, 0.15) is 6.07 Å². The van der Waals surface area contributed by atoms with Gasteiger partial charge in [0.05, 0.1) is 17.2 Å². The van der Waals surface area contributed by atoms with Gasteiger partial charge in [-0.1, -0.05) is 82.9 Å². The van der Waals surface area contributed by atoms with E-state index < -0.39 is 0 Å². The first kappa shape index (κ1) is 24.3. The van der Waals surface area contributed by atoms with Crippen LogP contribution in [0.2, 0.25) is 0 Å². The van der Waals surface area contributed by atoms with Gasteiger partial charge in [-0.2, -0.15) is 10.5 Å². The monoisotopic (exact) mass is 433 g/mol. The number of nitrogens with zero attached hydrogens (tertiary/aromatic N) is 2. The second-order valence-corrected chi connectivity index (χ2v) is 9.06. The molecule has 0 spiro atoms. The largest absolute Gasteiger partial charge is 0.192 e. The van der Waals surface area contributed by atoms with Crippen molar-refractivity contribution in [3.05, 3.63) is 82.4 Å². The van der Waals surface area contributed by atoms with Crippen molar-refractivity contribution in [3.8, 4) is 34.4 Å². The van der Waals surface area contributed by atoms with E-state index in [0.717, 1.165) is 46.2 Å². The van der Waals surface area contributed by atoms with E-state index in [0.29, 0.717) is 17.0 Å². The van der Waals surface area contributed by atoms with E-state index in [-0.39, 0.29) is 0 Å². The molecule has 0 aliphatic heterocycles. The van der Waals surface area contributed by atoms with E-state index in [2.05, 4.69) is 63.2 Å². The second kappa shape index (κ2) is 11.5. The molecule has 0 saturated heterocycles. The molecule has 3 aromatic rings. The predicted octanol–water partition coefficient (Wildman–Crippen LogP) is 8.19. The molecule has 0 bridgehead atoms. The van der Waals surface area contributed by atoms with Gasteiger partial charge in [-0.05, 0) is 71.2 Å². The fourth-order valence-electron chi connectivity index (χ4n) is 4.64. The number of hydrogen-bond acceptors (Lipinski definition) is 2. The van der Waals surface area contributed by atoms with Gasteiger partial charge in [-0.25, -0.2) is 0 Å². The second-order valence-electron chi connectivity index (χ2n) is 9.06. The smallest absolute Gasteiger partial charge is 0.100 e. The summed E-state index contributed by atoms with van der Waals surface area (Å²) < 4.78 is 0. The third kappa shape index (κ3) is 5.71. The average molecular weight is 434 g/mol. The van der Waals surface area contributed by atoms with E-state index in [4.69, 9.17) is 0 Å². The Balaban J connectivity index is 2.00. The van der Waals surface area contributed by atoms with Crippen molar-refractivity contribution in [1.29, 1.82) is 10.5 Å². The van der Waals surface area contributed by atoms with E-state index in [9.17, 15) is 10.5 Å². The Labute approximate surface area is 199 Å². The van der Waals surface area contributed by atoms with Crippen molar-refractivity contribution in [2.75, 3.05) is 0 Å². The van der Waals surface area contributed by atoms with Gasteiger partial charge in [0.25, 0.3) is 0 Å². The number of benzene rings is 3. The zero-order chi connectivity index (χ0) is 23.8. The summed E-state index contributed by atoms with van der Waals surface area (Å²) in [5.41, 5.74) is 8.56. The summed E-state index contributed by atoms with van der Waals surface area (Å²) in [6, 6.07) is 24.4. The summed E-state index contributed by atoms with van der Waals surface area (Å²) >= 11 is 0. The molecule has 0 saturated carbocycles. The molecule has 1 unspecified atom stereocenters. The number of aryl methyl sites for hydroxylation is 1. The molecule has 0 aromatic heterocycles. The molecule has 2 nitrogen and oxygen atoms in total. The van der Waals surface area contributed by atoms with Crippen LogP contribution in [0.1, 0.15) is 74.3 Å². The number of rotatable bonds is 9. The SMILES string of the molecule is CCCCCC(C)Cc1ccc(-c2c(C#N)[c]cc(-c3ccc(C)cc3C#N)c2CC)cc1. The number of nitriles is 2. The van der Waals surface area contributed by atoms with Gasteiger partial charge in [0, 0.05) is 11.6 Å². The molecule has 1 radical (unpaired) electrons. The molecule has 0 N–H and O–H groups in total. The van der Waals surface area contributed by atoms with Crippen LogP contribution in [-0.4, -0.2) is 0 Å². The zero-order valence-electron chi connectivity index (χ0n) is 20.3. The van der Waals surface area contributed by atoms with Gasteiger partial charge in [0.2, 0.25) is 0 Å². The lowest BCUT2D eigenvalue weighted by Gasteiger charge is -2.17. The molecule has 33 heavy (non-hydrogen) atoms. The lowest BCUT2D eigenvalue weighted by atomic mass is 9.85. The number of hydrogen-bond donors (Lipinski definition) is 0. The highest BCUT2D eigenvalue weighted by Crippen LogP contribution is 2.37. The lowest BCUT2D eigenvalue weighted by molar-refractivity contribution is 0.493. The highest BCUT2D eigenvalue weighted by atomic mass is 14.3. The molecule has 0 fully saturated rings. The fourth-order valence-corrected chi connectivity index (χ4v) is 4.64. The molecule has 0 aliphatic carbocycles. The first-order valence-electron chi connectivity index (χ1n) is 12.1. The van der Waals surface area contributed by atoms with Crippen LogP contribution in [0.4, 0.5) is 0 Å². The van der Waals surface area contributed by atoms with Crippen molar-refractivity contribution in [2.45, 2.75) is 66.2 Å². The van der Waals surface area contributed by atoms with Crippen LogP contribution >= 0.6 is 0 Å². The third-order valence-corrected chi connectivity index (χ3v) is 6.42. The summed E-state index contributed by atoms with van der Waals surface area (Å²) in [6.07, 6.45) is 6.98. The van der Waals surface area contributed by atoms with Gasteiger partial charge in [-0.15, -0.1) is 0 Å². The minimum Gasteiger partial charge on any atom is -0.192 e. The van der Waals surface area contributed by atoms with Crippen LogP contribution in [0.3, 0.4) is 0 Å². The molecule has 3 rings (SSSR count). The third-order valence-electron chi connectivity index (χ3n) is 6.42. The van der Waals surface area contributed by atoms with Gasteiger partial charge in [-0.3, -0.25) is 0 Å². The van der Waals surface area contributed by atoms with Crippen molar-refractivity contribution in [3.63, 3.8) is 0 Å². The Morgan fingerprint density at radius 2 is 1.70 bits per heavy atom. The minimum absolute atomic E-state index is 0.557. The molecule has 167 valence electrons. The van der Waals surface area contributed by atoms with Gasteiger partial charge < -0.3 is 0 Å². The fraction of sp³-hybridized carbons (Fsp3) is 0.355. The summed E-state index contributed by atoms with van der Waals surface area (Å²) in [6.45, 7) is 8.68. The normalized spacial score (nSPS) is 11.6. The Morgan fingerprint density at radius 3 is 2.33 bits per heavy atom. The molecule has 0 aliphatic rings. The molecular weight excluding hydrogens is 400 g/mol. The molecular formula is C31H33N2. The first-order chi connectivity index (χ1) is 16.0. The quantitative estimate of drug-likeness (QED) is 0.319. The summed E-state index contributed by atoms with van der Waals surface area (Å²) in [4.78, 5) is 0. The van der Waals surface area contributed by atoms with Crippen LogP contribution in [-0.2, 0) is 12.8 Å². The maximum absolute atomic E-state index is 9.84. The van der Waals surface area contributed by atoms with Crippen molar-refractivity contribution in [2.24, 2.45) is 5.92 Å². The van der Waals surface area contributed by atoms with Gasteiger partial charge in [0.15, 0.2) is 0 Å². The van der Waals surface area contributed by atoms with Crippen molar-refractivity contribution in [1.82, 2.24) is 0 Å². The predicted molar refractivity (Wildman–Crippen MR) is 137 cm³/mol. The molecule has 0 heterocycles. The van der Waals surface area contributed by atoms with Crippen LogP contribution in [0.15, 0.2) is 48.5 Å². The zero-order valence-corrected chi connectivity index (χ0v) is 20.3. The first-order valence-corrected chi connectivity index (χ1v) is 12.1. The van der Waals surface area contributed by atoms with Crippen LogP contribution < -0.4 is 0 Å². The van der Waals surface area contributed by atoms with Crippen LogP contribution in [0.5, 0.6) is 0 Å². The summed E-state index contributed by atoms with van der Waals surface area (Å²) in [5.74, 6) is 0.672. The number of unbranched alkanes of at least 4 members (excludes halogenated alkanes) is 2. The van der Waals surface area contributed by atoms with Crippen LogP contribution in [0.25, 0.3) is 22.3 Å². The van der Waals surface area contributed by atoms with E-state index >= 15 is 0 Å². The standard InChI is InChI=1S/C31H33N2/c1-5-7-8-9-22(3)18-24-11-13-25(14-12-24)31-26(20-32)15-17-30(28(31)6-2)29-16-10-23(4)19-27(29)21-33/h10-14,16-17,19,22H,5-9,18H2,1-4H3. The Kier molecular flexibility index (Phi) is 8.46. The minimum atomic E-state index is 0.557. The summed E-state index contributed by atoms with van der Waals surface area (Å²) in [7, 11) is 0. The van der Waals surface area contributed by atoms with Gasteiger partial charge >= 0.3 is 0 Å². The maximum Gasteiger partial charge on any atom is 0.100 e. The van der Waals surface area contributed by atoms with E-state index in [1.807, 2.05) is 31.2 Å².